The quantitative estimate of drug-likeness (QED) is 0.720. The van der Waals surface area contributed by atoms with E-state index in [1.165, 1.54) is 11.8 Å². The molecule has 0 saturated heterocycles. The molecule has 3 rings (SSSR count). The Labute approximate surface area is 126 Å². The number of aromatic amines is 1. The number of ether oxygens (including phenoxy) is 1. The van der Waals surface area contributed by atoms with Gasteiger partial charge >= 0.3 is 0 Å². The van der Waals surface area contributed by atoms with Gasteiger partial charge in [-0.2, -0.15) is 0 Å². The summed E-state index contributed by atoms with van der Waals surface area (Å²) in [4.78, 5) is 8.70. The maximum absolute atomic E-state index is 6.03. The lowest BCUT2D eigenvalue weighted by Gasteiger charge is -2.07. The minimum Gasteiger partial charge on any atom is -0.497 e. The number of hydrogen-bond acceptors (Lipinski definition) is 6. The van der Waals surface area contributed by atoms with E-state index in [9.17, 15) is 0 Å². The molecule has 0 amide bonds. The number of hydrogen-bond donors (Lipinski definition) is 2. The summed E-state index contributed by atoms with van der Waals surface area (Å²) in [5.41, 5.74) is 7.83. The topological polar surface area (TPSA) is 89.7 Å². The number of methoxy groups -OCH3 is 1. The summed E-state index contributed by atoms with van der Waals surface area (Å²) in [6, 6.07) is 7.81. The van der Waals surface area contributed by atoms with Gasteiger partial charge in [0.05, 0.1) is 12.6 Å². The highest BCUT2D eigenvalue weighted by atomic mass is 32.2. The van der Waals surface area contributed by atoms with Crippen LogP contribution in [0.4, 0.5) is 5.82 Å². The monoisotopic (exact) mass is 301 g/mol. The number of H-pyrrole nitrogens is 1. The van der Waals surface area contributed by atoms with Crippen LogP contribution in [0.1, 0.15) is 11.4 Å². The van der Waals surface area contributed by atoms with Crippen molar-refractivity contribution >= 4 is 28.5 Å². The van der Waals surface area contributed by atoms with E-state index in [-0.39, 0.29) is 0 Å². The van der Waals surface area contributed by atoms with Crippen LogP contribution in [0.2, 0.25) is 0 Å². The zero-order valence-corrected chi connectivity index (χ0v) is 12.6. The predicted octanol–water partition coefficient (Wildman–Crippen LogP) is 2.54. The Morgan fingerprint density at radius 3 is 2.86 bits per heavy atom. The molecule has 7 heteroatoms. The van der Waals surface area contributed by atoms with Gasteiger partial charge in [-0.05, 0) is 25.1 Å². The fraction of sp³-hybridized carbons (Fsp3) is 0.214. The van der Waals surface area contributed by atoms with Crippen LogP contribution in [-0.2, 0) is 5.75 Å². The molecule has 3 N–H and O–H groups in total. The number of nitrogens with one attached hydrogen (secondary N) is 1. The molecule has 0 aliphatic rings. The number of benzene rings is 1. The van der Waals surface area contributed by atoms with E-state index in [0.29, 0.717) is 16.7 Å². The number of nitrogen functional groups attached to an aromatic ring is 1. The zero-order valence-electron chi connectivity index (χ0n) is 11.8. The van der Waals surface area contributed by atoms with E-state index in [0.717, 1.165) is 28.0 Å². The maximum atomic E-state index is 6.03. The zero-order chi connectivity index (χ0) is 14.8. The summed E-state index contributed by atoms with van der Waals surface area (Å²) in [6.07, 6.45) is 0. The summed E-state index contributed by atoms with van der Waals surface area (Å²) >= 11 is 1.53. The van der Waals surface area contributed by atoms with Gasteiger partial charge in [0, 0.05) is 22.8 Å². The van der Waals surface area contributed by atoms with Crippen LogP contribution in [0, 0.1) is 6.92 Å². The second kappa shape index (κ2) is 5.61. The Morgan fingerprint density at radius 1 is 1.29 bits per heavy atom. The van der Waals surface area contributed by atoms with Gasteiger partial charge < -0.3 is 10.5 Å². The largest absolute Gasteiger partial charge is 0.497 e. The van der Waals surface area contributed by atoms with Crippen molar-refractivity contribution in [3.63, 3.8) is 0 Å². The van der Waals surface area contributed by atoms with Crippen LogP contribution in [0.25, 0.3) is 10.9 Å². The molecule has 0 bridgehead atoms. The maximum Gasteiger partial charge on any atom is 0.208 e. The molecule has 0 unspecified atom stereocenters. The first-order chi connectivity index (χ1) is 10.2. The number of rotatable bonds is 4. The number of pyridine rings is 1. The van der Waals surface area contributed by atoms with Crippen LogP contribution in [-0.4, -0.2) is 27.3 Å². The Morgan fingerprint density at radius 2 is 2.14 bits per heavy atom. The molecule has 21 heavy (non-hydrogen) atoms. The van der Waals surface area contributed by atoms with E-state index in [4.69, 9.17) is 10.5 Å². The van der Waals surface area contributed by atoms with Crippen molar-refractivity contribution in [1.29, 1.82) is 0 Å². The summed E-state index contributed by atoms with van der Waals surface area (Å²) in [5, 5.41) is 8.66. The second-order valence-corrected chi connectivity index (χ2v) is 5.53. The average Bonchev–Trinajstić information content (AvgIpc) is 2.90. The van der Waals surface area contributed by atoms with Gasteiger partial charge in [-0.1, -0.05) is 11.8 Å². The number of aryl methyl sites for hydroxylation is 1. The van der Waals surface area contributed by atoms with Crippen molar-refractivity contribution in [2.24, 2.45) is 0 Å². The summed E-state index contributed by atoms with van der Waals surface area (Å²) in [5.74, 6) is 2.77. The Hall–Kier alpha value is -2.28. The lowest BCUT2D eigenvalue weighted by molar-refractivity contribution is 0.415. The van der Waals surface area contributed by atoms with E-state index in [1.807, 2.05) is 31.2 Å². The van der Waals surface area contributed by atoms with Crippen molar-refractivity contribution in [2.75, 3.05) is 12.8 Å². The minimum absolute atomic E-state index is 0.524. The smallest absolute Gasteiger partial charge is 0.208 e. The molecule has 2 aromatic heterocycles. The average molecular weight is 301 g/mol. The van der Waals surface area contributed by atoms with E-state index < -0.39 is 0 Å². The summed E-state index contributed by atoms with van der Waals surface area (Å²) < 4.78 is 5.20. The van der Waals surface area contributed by atoms with Gasteiger partial charge in [0.2, 0.25) is 5.16 Å². The molecule has 6 nitrogen and oxygen atoms in total. The summed E-state index contributed by atoms with van der Waals surface area (Å²) in [6.45, 7) is 1.87. The molecule has 0 aliphatic carbocycles. The normalized spacial score (nSPS) is 11.0. The number of thioether (sulfide) groups is 1. The van der Waals surface area contributed by atoms with Crippen LogP contribution in [0.5, 0.6) is 5.75 Å². The van der Waals surface area contributed by atoms with Crippen molar-refractivity contribution in [3.05, 3.63) is 35.7 Å². The molecular weight excluding hydrogens is 286 g/mol. The van der Waals surface area contributed by atoms with Crippen molar-refractivity contribution < 1.29 is 4.74 Å². The molecule has 0 saturated carbocycles. The van der Waals surface area contributed by atoms with Crippen LogP contribution in [0.15, 0.2) is 29.4 Å². The van der Waals surface area contributed by atoms with Gasteiger partial charge in [0.15, 0.2) is 0 Å². The fourth-order valence-corrected chi connectivity index (χ4v) is 2.80. The van der Waals surface area contributed by atoms with Gasteiger partial charge in [-0.25, -0.2) is 9.97 Å². The van der Waals surface area contributed by atoms with Gasteiger partial charge in [-0.15, -0.1) is 5.10 Å². The first kappa shape index (κ1) is 13.7. The minimum atomic E-state index is 0.524. The van der Waals surface area contributed by atoms with Crippen molar-refractivity contribution in [1.82, 2.24) is 20.2 Å². The third kappa shape index (κ3) is 2.92. The fourth-order valence-electron chi connectivity index (χ4n) is 1.98. The molecule has 0 spiro atoms. The highest BCUT2D eigenvalue weighted by Crippen LogP contribution is 2.27. The van der Waals surface area contributed by atoms with E-state index in [2.05, 4.69) is 20.2 Å². The molecule has 0 fully saturated rings. The number of nitrogens with zero attached hydrogens (tertiary/aromatic N) is 3. The lowest BCUT2D eigenvalue weighted by atomic mass is 10.1. The van der Waals surface area contributed by atoms with Crippen LogP contribution in [0.3, 0.4) is 0 Å². The SMILES string of the molecule is COc1ccc2cc(CSc3n[nH]c(C)n3)c(N)nc2c1. The predicted molar refractivity (Wildman–Crippen MR) is 83.4 cm³/mol. The third-order valence-electron chi connectivity index (χ3n) is 3.07. The van der Waals surface area contributed by atoms with E-state index in [1.54, 1.807) is 7.11 Å². The van der Waals surface area contributed by atoms with Crippen molar-refractivity contribution in [3.8, 4) is 5.75 Å². The first-order valence-corrected chi connectivity index (χ1v) is 7.39. The Balaban J connectivity index is 1.86. The Bertz CT molecular complexity index is 786. The third-order valence-corrected chi connectivity index (χ3v) is 3.97. The molecule has 2 heterocycles. The van der Waals surface area contributed by atoms with Gasteiger partial charge in [0.1, 0.15) is 17.4 Å². The highest BCUT2D eigenvalue weighted by molar-refractivity contribution is 7.98. The molecule has 0 radical (unpaired) electrons. The molecule has 1 aromatic carbocycles. The lowest BCUT2D eigenvalue weighted by Crippen LogP contribution is -1.97. The number of aromatic nitrogens is 4. The number of anilines is 1. The Kier molecular flexibility index (Phi) is 3.66. The van der Waals surface area contributed by atoms with Gasteiger partial charge in [-0.3, -0.25) is 5.10 Å². The summed E-state index contributed by atoms with van der Waals surface area (Å²) in [7, 11) is 1.63. The van der Waals surface area contributed by atoms with Crippen LogP contribution >= 0.6 is 11.8 Å². The van der Waals surface area contributed by atoms with E-state index >= 15 is 0 Å². The molecule has 3 aromatic rings. The highest BCUT2D eigenvalue weighted by Gasteiger charge is 2.08. The molecular formula is C14H15N5OS. The number of nitrogens with two attached hydrogens (primary N) is 1. The standard InChI is InChI=1S/C14H15N5OS/c1-8-16-14(19-18-8)21-7-10-5-9-3-4-11(20-2)6-12(9)17-13(10)15/h3-6H,7H2,1-2H3,(H2,15,17)(H,16,18,19). The van der Waals surface area contributed by atoms with Crippen molar-refractivity contribution in [2.45, 2.75) is 17.8 Å². The first-order valence-electron chi connectivity index (χ1n) is 6.40. The second-order valence-electron chi connectivity index (χ2n) is 4.58. The van der Waals surface area contributed by atoms with Gasteiger partial charge in [0.25, 0.3) is 0 Å². The number of fused-ring (bicyclic) bond motifs is 1. The van der Waals surface area contributed by atoms with Crippen LogP contribution < -0.4 is 10.5 Å². The molecule has 0 atom stereocenters. The molecule has 0 aliphatic heterocycles. The molecule has 108 valence electrons.